The molecule has 0 spiro atoms. The lowest BCUT2D eigenvalue weighted by atomic mass is 10.2. The molecule has 0 aliphatic carbocycles. The summed E-state index contributed by atoms with van der Waals surface area (Å²) in [6.45, 7) is 4.84. The second kappa shape index (κ2) is 9.17. The van der Waals surface area contributed by atoms with Crippen molar-refractivity contribution >= 4 is 34.3 Å². The van der Waals surface area contributed by atoms with Crippen LogP contribution in [-0.4, -0.2) is 45.2 Å². The molecule has 0 aliphatic heterocycles. The number of hydrogen-bond donors (Lipinski definition) is 1. The van der Waals surface area contributed by atoms with Crippen LogP contribution in [0.15, 0.2) is 30.6 Å². The molecule has 3 aromatic heterocycles. The fourth-order valence-electron chi connectivity index (χ4n) is 2.68. The van der Waals surface area contributed by atoms with Gasteiger partial charge in [0, 0.05) is 37.0 Å². The van der Waals surface area contributed by atoms with Crippen molar-refractivity contribution in [1.29, 1.82) is 0 Å². The predicted octanol–water partition coefficient (Wildman–Crippen LogP) is 5.14. The summed E-state index contributed by atoms with van der Waals surface area (Å²) in [4.78, 5) is 25.7. The largest absolute Gasteiger partial charge is 0.497 e. The van der Waals surface area contributed by atoms with Gasteiger partial charge in [0.25, 0.3) is 0 Å². The van der Waals surface area contributed by atoms with Crippen molar-refractivity contribution in [3.05, 3.63) is 36.2 Å². The van der Waals surface area contributed by atoms with Crippen molar-refractivity contribution < 1.29 is 27.4 Å². The SMILES string of the molecule is COc1ccnc(-c2nsc(Nc3nccc(C(F)(F)F)c3N(C)C(=O)OC(C)(C)C)n2)c1. The van der Waals surface area contributed by atoms with Gasteiger partial charge in [-0.2, -0.15) is 22.5 Å². The van der Waals surface area contributed by atoms with Gasteiger partial charge in [0.2, 0.25) is 5.13 Å². The van der Waals surface area contributed by atoms with E-state index in [1.54, 1.807) is 32.9 Å². The third-order valence-corrected chi connectivity index (χ3v) is 4.71. The fraction of sp³-hybridized carbons (Fsp3) is 0.350. The second-order valence-electron chi connectivity index (χ2n) is 7.72. The third kappa shape index (κ3) is 5.86. The van der Waals surface area contributed by atoms with Gasteiger partial charge in [0.15, 0.2) is 11.6 Å². The molecular weight excluding hydrogens is 461 g/mol. The van der Waals surface area contributed by atoms with Gasteiger partial charge < -0.3 is 14.8 Å². The van der Waals surface area contributed by atoms with Gasteiger partial charge in [-0.3, -0.25) is 9.88 Å². The van der Waals surface area contributed by atoms with E-state index in [1.165, 1.54) is 20.4 Å². The summed E-state index contributed by atoms with van der Waals surface area (Å²) in [7, 11) is 2.68. The van der Waals surface area contributed by atoms with Crippen LogP contribution in [0.3, 0.4) is 0 Å². The zero-order valence-electron chi connectivity index (χ0n) is 18.4. The highest BCUT2D eigenvalue weighted by atomic mass is 32.1. The summed E-state index contributed by atoms with van der Waals surface area (Å²) in [5.41, 5.74) is -2.05. The Morgan fingerprint density at radius 1 is 1.15 bits per heavy atom. The van der Waals surface area contributed by atoms with Gasteiger partial charge in [-0.1, -0.05) is 0 Å². The Morgan fingerprint density at radius 2 is 1.85 bits per heavy atom. The number of aromatic nitrogens is 4. The first kappa shape index (κ1) is 24.2. The first-order chi connectivity index (χ1) is 15.4. The molecule has 13 heteroatoms. The average molecular weight is 482 g/mol. The molecule has 0 fully saturated rings. The lowest BCUT2D eigenvalue weighted by molar-refractivity contribution is -0.137. The maximum Gasteiger partial charge on any atom is 0.418 e. The molecule has 33 heavy (non-hydrogen) atoms. The fourth-order valence-corrected chi connectivity index (χ4v) is 3.25. The van der Waals surface area contributed by atoms with E-state index in [9.17, 15) is 18.0 Å². The van der Waals surface area contributed by atoms with E-state index >= 15 is 0 Å². The number of anilines is 3. The number of amides is 1. The molecule has 3 heterocycles. The molecule has 0 radical (unpaired) electrons. The zero-order chi connectivity index (χ0) is 24.4. The number of halogens is 3. The average Bonchev–Trinajstić information content (AvgIpc) is 3.20. The summed E-state index contributed by atoms with van der Waals surface area (Å²) in [5, 5.41) is 2.88. The Kier molecular flexibility index (Phi) is 6.72. The van der Waals surface area contributed by atoms with Gasteiger partial charge in [0.1, 0.15) is 22.7 Å². The van der Waals surface area contributed by atoms with E-state index < -0.39 is 29.1 Å². The van der Waals surface area contributed by atoms with Gasteiger partial charge in [-0.25, -0.2) is 9.78 Å². The maximum atomic E-state index is 13.7. The van der Waals surface area contributed by atoms with Crippen molar-refractivity contribution in [2.75, 3.05) is 24.4 Å². The van der Waals surface area contributed by atoms with Gasteiger partial charge in [0.05, 0.1) is 12.7 Å². The van der Waals surface area contributed by atoms with E-state index in [1.807, 2.05) is 0 Å². The number of alkyl halides is 3. The number of ether oxygens (including phenoxy) is 2. The van der Waals surface area contributed by atoms with Crippen LogP contribution in [-0.2, 0) is 10.9 Å². The van der Waals surface area contributed by atoms with Crippen molar-refractivity contribution in [3.63, 3.8) is 0 Å². The lowest BCUT2D eigenvalue weighted by Crippen LogP contribution is -2.35. The number of rotatable bonds is 5. The normalized spacial score (nSPS) is 11.8. The molecular formula is C20H21F3N6O3S. The smallest absolute Gasteiger partial charge is 0.418 e. The van der Waals surface area contributed by atoms with Crippen molar-refractivity contribution in [1.82, 2.24) is 19.3 Å². The molecule has 0 atom stereocenters. The molecule has 0 saturated carbocycles. The van der Waals surface area contributed by atoms with Crippen LogP contribution in [0.5, 0.6) is 5.75 Å². The lowest BCUT2D eigenvalue weighted by Gasteiger charge is -2.27. The van der Waals surface area contributed by atoms with Crippen LogP contribution in [0.2, 0.25) is 0 Å². The molecule has 0 aliphatic rings. The number of nitrogens with zero attached hydrogens (tertiary/aromatic N) is 5. The molecule has 3 rings (SSSR count). The highest BCUT2D eigenvalue weighted by Crippen LogP contribution is 2.41. The van der Waals surface area contributed by atoms with Gasteiger partial charge in [-0.15, -0.1) is 0 Å². The van der Waals surface area contributed by atoms with E-state index in [2.05, 4.69) is 24.6 Å². The van der Waals surface area contributed by atoms with Crippen LogP contribution >= 0.6 is 11.5 Å². The molecule has 1 amide bonds. The molecule has 0 aromatic carbocycles. The molecule has 0 bridgehead atoms. The minimum atomic E-state index is -4.75. The summed E-state index contributed by atoms with van der Waals surface area (Å²) in [6.07, 6.45) is -3.21. The number of pyridine rings is 2. The summed E-state index contributed by atoms with van der Waals surface area (Å²) >= 11 is 0.896. The van der Waals surface area contributed by atoms with Crippen LogP contribution in [0.25, 0.3) is 11.5 Å². The minimum Gasteiger partial charge on any atom is -0.497 e. The van der Waals surface area contributed by atoms with Crippen molar-refractivity contribution in [2.24, 2.45) is 0 Å². The first-order valence-corrected chi connectivity index (χ1v) is 10.3. The molecule has 3 aromatic rings. The Labute approximate surface area is 191 Å². The van der Waals surface area contributed by atoms with Gasteiger partial charge in [-0.05, 0) is 32.9 Å². The van der Waals surface area contributed by atoms with Gasteiger partial charge >= 0.3 is 12.3 Å². The quantitative estimate of drug-likeness (QED) is 0.534. The van der Waals surface area contributed by atoms with E-state index in [4.69, 9.17) is 9.47 Å². The summed E-state index contributed by atoms with van der Waals surface area (Å²) in [6, 6.07) is 4.06. The Balaban J connectivity index is 1.98. The molecule has 1 N–H and O–H groups in total. The predicted molar refractivity (Wildman–Crippen MR) is 117 cm³/mol. The van der Waals surface area contributed by atoms with E-state index in [-0.39, 0.29) is 16.8 Å². The highest BCUT2D eigenvalue weighted by Gasteiger charge is 2.38. The molecule has 176 valence electrons. The Morgan fingerprint density at radius 3 is 2.48 bits per heavy atom. The van der Waals surface area contributed by atoms with Crippen LogP contribution in [0.1, 0.15) is 26.3 Å². The van der Waals surface area contributed by atoms with Crippen molar-refractivity contribution in [2.45, 2.75) is 32.5 Å². The standard InChI is InChI=1S/C20H21F3N6O3S/c1-19(2,3)32-18(30)29(4)14-12(20(21,22)23)7-9-25-16(14)27-17-26-15(28-33-17)13-10-11(31-5)6-8-24-13/h6-10H,1-5H3,(H,25,26,27,28). The first-order valence-electron chi connectivity index (χ1n) is 9.53. The Hall–Kier alpha value is -3.48. The molecule has 0 unspecified atom stereocenters. The van der Waals surface area contributed by atoms with Crippen LogP contribution in [0, 0.1) is 0 Å². The maximum absolute atomic E-state index is 13.7. The van der Waals surface area contributed by atoms with Crippen molar-refractivity contribution in [3.8, 4) is 17.3 Å². The number of methoxy groups -OCH3 is 1. The van der Waals surface area contributed by atoms with Crippen LogP contribution in [0.4, 0.5) is 34.6 Å². The number of nitrogens with one attached hydrogen (secondary N) is 1. The number of hydrogen-bond acceptors (Lipinski definition) is 9. The van der Waals surface area contributed by atoms with E-state index in [0.29, 0.717) is 11.4 Å². The van der Waals surface area contributed by atoms with E-state index in [0.717, 1.165) is 28.7 Å². The number of carbonyl (C=O) groups is 1. The Bertz CT molecular complexity index is 1150. The monoisotopic (exact) mass is 482 g/mol. The number of carbonyl (C=O) groups excluding carboxylic acids is 1. The summed E-state index contributed by atoms with van der Waals surface area (Å²) < 4.78 is 55.8. The van der Waals surface area contributed by atoms with Crippen LogP contribution < -0.4 is 15.0 Å². The summed E-state index contributed by atoms with van der Waals surface area (Å²) in [5.74, 6) is 0.556. The zero-order valence-corrected chi connectivity index (χ0v) is 19.2. The minimum absolute atomic E-state index is 0.153. The molecule has 9 nitrogen and oxygen atoms in total. The highest BCUT2D eigenvalue weighted by molar-refractivity contribution is 7.09. The molecule has 0 saturated heterocycles. The second-order valence-corrected chi connectivity index (χ2v) is 8.47. The third-order valence-electron chi connectivity index (χ3n) is 4.08. The topological polar surface area (TPSA) is 102 Å².